The molecule has 0 saturated carbocycles. The molecule has 9 heteroatoms. The minimum Gasteiger partial charge on any atom is -0.472 e. The largest absolute Gasteiger partial charge is 0.472 e. The lowest BCUT2D eigenvalue weighted by atomic mass is 9.89. The first kappa shape index (κ1) is 19.1. The van der Waals surface area contributed by atoms with Gasteiger partial charge in [0.05, 0.1) is 35.6 Å². The van der Waals surface area contributed by atoms with Crippen molar-refractivity contribution in [1.29, 1.82) is 0 Å². The molecule has 3 aromatic rings. The zero-order valence-electron chi connectivity index (χ0n) is 16.3. The highest BCUT2D eigenvalue weighted by atomic mass is 35.5. The smallest absolute Gasteiger partial charge is 0.274 e. The maximum Gasteiger partial charge on any atom is 0.274 e. The fourth-order valence-corrected chi connectivity index (χ4v) is 4.40. The van der Waals surface area contributed by atoms with Crippen LogP contribution in [0.1, 0.15) is 33.7 Å². The van der Waals surface area contributed by atoms with Crippen LogP contribution in [0.25, 0.3) is 5.65 Å². The summed E-state index contributed by atoms with van der Waals surface area (Å²) in [4.78, 5) is 33.7. The average molecular weight is 429 g/mol. The molecule has 0 unspecified atom stereocenters. The molecular weight excluding hydrogens is 408 g/mol. The van der Waals surface area contributed by atoms with E-state index in [2.05, 4.69) is 4.98 Å². The van der Waals surface area contributed by atoms with E-state index in [4.69, 9.17) is 20.8 Å². The Morgan fingerprint density at radius 1 is 1.03 bits per heavy atom. The van der Waals surface area contributed by atoms with Gasteiger partial charge in [-0.15, -0.1) is 0 Å². The van der Waals surface area contributed by atoms with Crippen LogP contribution in [0, 0.1) is 0 Å². The average Bonchev–Trinajstić information content (AvgIpc) is 3.43. The number of fused-ring (bicyclic) bond motifs is 1. The van der Waals surface area contributed by atoms with E-state index in [9.17, 15) is 9.59 Å². The Kier molecular flexibility index (Phi) is 4.75. The number of pyridine rings is 1. The monoisotopic (exact) mass is 428 g/mol. The SMILES string of the molecule is O=C(c1ccoc1)N1CCC2(CC1)CN(C(=O)c1cn3cc(Cl)ccc3n1)CCO2. The van der Waals surface area contributed by atoms with Gasteiger partial charge in [0.2, 0.25) is 0 Å². The number of rotatable bonds is 2. The summed E-state index contributed by atoms with van der Waals surface area (Å²) in [7, 11) is 0. The highest BCUT2D eigenvalue weighted by Gasteiger charge is 2.42. The number of morpholine rings is 1. The number of imidazole rings is 1. The molecule has 30 heavy (non-hydrogen) atoms. The number of furan rings is 1. The van der Waals surface area contributed by atoms with E-state index in [0.29, 0.717) is 67.6 Å². The van der Waals surface area contributed by atoms with Gasteiger partial charge in [-0.25, -0.2) is 4.98 Å². The number of piperidine rings is 1. The predicted molar refractivity (Wildman–Crippen MR) is 109 cm³/mol. The summed E-state index contributed by atoms with van der Waals surface area (Å²) in [6.45, 7) is 2.65. The second-order valence-electron chi connectivity index (χ2n) is 7.80. The van der Waals surface area contributed by atoms with Crippen LogP contribution in [0.3, 0.4) is 0 Å². The summed E-state index contributed by atoms with van der Waals surface area (Å²) in [6, 6.07) is 5.21. The molecule has 2 aliphatic heterocycles. The number of hydrogen-bond donors (Lipinski definition) is 0. The van der Waals surface area contributed by atoms with Gasteiger partial charge in [-0.05, 0) is 31.0 Å². The first-order valence-electron chi connectivity index (χ1n) is 9.92. The van der Waals surface area contributed by atoms with Crippen LogP contribution in [-0.2, 0) is 4.74 Å². The van der Waals surface area contributed by atoms with Crippen molar-refractivity contribution >= 4 is 29.1 Å². The number of aromatic nitrogens is 2. The van der Waals surface area contributed by atoms with Gasteiger partial charge in [-0.1, -0.05) is 11.6 Å². The van der Waals surface area contributed by atoms with Gasteiger partial charge >= 0.3 is 0 Å². The van der Waals surface area contributed by atoms with Gasteiger partial charge in [0.25, 0.3) is 11.8 Å². The fourth-order valence-electron chi connectivity index (χ4n) is 4.24. The van der Waals surface area contributed by atoms with Crippen molar-refractivity contribution in [2.75, 3.05) is 32.8 Å². The van der Waals surface area contributed by atoms with E-state index >= 15 is 0 Å². The lowest BCUT2D eigenvalue weighted by Gasteiger charge is -2.47. The number of likely N-dealkylation sites (tertiary alicyclic amines) is 1. The second-order valence-corrected chi connectivity index (χ2v) is 8.24. The Balaban J connectivity index is 1.27. The van der Waals surface area contributed by atoms with Crippen LogP contribution >= 0.6 is 11.6 Å². The molecule has 2 amide bonds. The normalized spacial score (nSPS) is 18.8. The number of amides is 2. The number of hydrogen-bond acceptors (Lipinski definition) is 5. The van der Waals surface area contributed by atoms with Crippen molar-refractivity contribution in [3.8, 4) is 0 Å². The highest BCUT2D eigenvalue weighted by molar-refractivity contribution is 6.30. The standard InChI is InChI=1S/C21H21ClN4O4/c22-16-1-2-18-23-17(12-26(18)11-16)20(28)25-8-10-30-21(14-25)4-6-24(7-5-21)19(27)15-3-9-29-13-15/h1-3,9,11-13H,4-8,10,14H2. The first-order chi connectivity index (χ1) is 14.5. The quantitative estimate of drug-likeness (QED) is 0.627. The summed E-state index contributed by atoms with van der Waals surface area (Å²) in [5.41, 5.74) is 1.20. The molecule has 5 heterocycles. The van der Waals surface area contributed by atoms with Crippen molar-refractivity contribution in [1.82, 2.24) is 19.2 Å². The van der Waals surface area contributed by atoms with E-state index in [1.807, 2.05) is 4.90 Å². The zero-order chi connectivity index (χ0) is 20.7. The summed E-state index contributed by atoms with van der Waals surface area (Å²) < 4.78 is 12.9. The summed E-state index contributed by atoms with van der Waals surface area (Å²) >= 11 is 6.03. The summed E-state index contributed by atoms with van der Waals surface area (Å²) in [5, 5.41) is 0.584. The van der Waals surface area contributed by atoms with Gasteiger partial charge < -0.3 is 23.4 Å². The highest BCUT2D eigenvalue weighted by Crippen LogP contribution is 2.31. The number of carbonyl (C=O) groups excluding carboxylic acids is 2. The molecule has 5 rings (SSSR count). The van der Waals surface area contributed by atoms with Gasteiger partial charge in [-0.2, -0.15) is 0 Å². The van der Waals surface area contributed by atoms with Gasteiger partial charge in [0.1, 0.15) is 17.6 Å². The van der Waals surface area contributed by atoms with E-state index in [-0.39, 0.29) is 11.8 Å². The second kappa shape index (κ2) is 7.45. The number of nitrogens with zero attached hydrogens (tertiary/aromatic N) is 4. The predicted octanol–water partition coefficient (Wildman–Crippen LogP) is 2.73. The van der Waals surface area contributed by atoms with Crippen LogP contribution in [0.15, 0.2) is 47.5 Å². The molecule has 0 aliphatic carbocycles. The maximum atomic E-state index is 13.1. The Morgan fingerprint density at radius 2 is 1.87 bits per heavy atom. The molecule has 156 valence electrons. The lowest BCUT2D eigenvalue weighted by Crippen LogP contribution is -2.58. The van der Waals surface area contributed by atoms with Crippen molar-refractivity contribution < 1.29 is 18.7 Å². The van der Waals surface area contributed by atoms with E-state index in [1.165, 1.54) is 12.5 Å². The number of carbonyl (C=O) groups is 2. The minimum atomic E-state index is -0.427. The number of ether oxygens (including phenoxy) is 1. The molecule has 1 spiro atoms. The number of halogens is 1. The maximum absolute atomic E-state index is 13.1. The molecule has 2 aliphatic rings. The molecule has 2 saturated heterocycles. The molecule has 0 aromatic carbocycles. The van der Waals surface area contributed by atoms with E-state index < -0.39 is 5.60 Å². The minimum absolute atomic E-state index is 0.0364. The van der Waals surface area contributed by atoms with Crippen molar-refractivity contribution in [2.24, 2.45) is 0 Å². The van der Waals surface area contributed by atoms with Crippen LogP contribution in [0.5, 0.6) is 0 Å². The molecule has 0 bridgehead atoms. The lowest BCUT2D eigenvalue weighted by molar-refractivity contribution is -0.123. The Labute approximate surface area is 178 Å². The topological polar surface area (TPSA) is 80.3 Å². The third-order valence-corrected chi connectivity index (χ3v) is 6.12. The third kappa shape index (κ3) is 3.46. The molecule has 3 aromatic heterocycles. The van der Waals surface area contributed by atoms with E-state index in [1.54, 1.807) is 39.9 Å². The van der Waals surface area contributed by atoms with Crippen LogP contribution < -0.4 is 0 Å². The molecule has 0 radical (unpaired) electrons. The summed E-state index contributed by atoms with van der Waals surface area (Å²) in [6.07, 6.45) is 7.76. The molecule has 0 atom stereocenters. The Bertz CT molecular complexity index is 1090. The van der Waals surface area contributed by atoms with E-state index in [0.717, 1.165) is 0 Å². The van der Waals surface area contributed by atoms with Crippen molar-refractivity contribution in [2.45, 2.75) is 18.4 Å². The van der Waals surface area contributed by atoms with Gasteiger partial charge in [0.15, 0.2) is 0 Å². The Morgan fingerprint density at radius 3 is 2.63 bits per heavy atom. The Hall–Kier alpha value is -2.84. The molecule has 8 nitrogen and oxygen atoms in total. The molecular formula is C21H21ClN4O4. The fraction of sp³-hybridized carbons (Fsp3) is 0.381. The van der Waals surface area contributed by atoms with Crippen LogP contribution in [0.4, 0.5) is 0 Å². The first-order valence-corrected chi connectivity index (χ1v) is 10.3. The third-order valence-electron chi connectivity index (χ3n) is 5.90. The van der Waals surface area contributed by atoms with Crippen LogP contribution in [-0.4, -0.2) is 69.4 Å². The van der Waals surface area contributed by atoms with Crippen molar-refractivity contribution in [3.63, 3.8) is 0 Å². The zero-order valence-corrected chi connectivity index (χ0v) is 17.0. The van der Waals surface area contributed by atoms with Gasteiger partial charge in [-0.3, -0.25) is 9.59 Å². The summed E-state index contributed by atoms with van der Waals surface area (Å²) in [5.74, 6) is -0.153. The van der Waals surface area contributed by atoms with Gasteiger partial charge in [0, 0.05) is 32.0 Å². The molecule has 0 N–H and O–H groups in total. The van der Waals surface area contributed by atoms with Crippen LogP contribution in [0.2, 0.25) is 5.02 Å². The molecule has 2 fully saturated rings. The van der Waals surface area contributed by atoms with Crippen molar-refractivity contribution in [3.05, 3.63) is 59.4 Å².